The highest BCUT2D eigenvalue weighted by Gasteiger charge is 2.29. The maximum atomic E-state index is 14.0. The number of aromatic nitrogens is 2. The summed E-state index contributed by atoms with van der Waals surface area (Å²) in [7, 11) is 3.69. The van der Waals surface area contributed by atoms with Crippen LogP contribution < -0.4 is 10.9 Å². The van der Waals surface area contributed by atoms with Crippen LogP contribution in [-0.2, 0) is 16.0 Å². The highest BCUT2D eigenvalue weighted by Crippen LogP contribution is 2.32. The molecule has 234 valence electrons. The summed E-state index contributed by atoms with van der Waals surface area (Å²) in [6.07, 6.45) is 5.68. The summed E-state index contributed by atoms with van der Waals surface area (Å²) < 4.78 is 29.0. The zero-order valence-electron chi connectivity index (χ0n) is 26.0. The molecule has 2 N–H and O–H groups in total. The van der Waals surface area contributed by atoms with E-state index in [1.165, 1.54) is 18.5 Å². The number of rotatable bonds is 13. The first-order chi connectivity index (χ1) is 20.7. The van der Waals surface area contributed by atoms with E-state index in [1.807, 2.05) is 64.9 Å². The molecule has 0 aliphatic rings. The average molecular weight is 607 g/mol. The molecule has 0 saturated heterocycles. The van der Waals surface area contributed by atoms with Crippen LogP contribution in [0.4, 0.5) is 8.78 Å². The van der Waals surface area contributed by atoms with E-state index in [4.69, 9.17) is 6.42 Å². The van der Waals surface area contributed by atoms with Gasteiger partial charge in [-0.15, -0.1) is 6.42 Å². The minimum Gasteiger partial charge on any atom is -0.481 e. The largest absolute Gasteiger partial charge is 0.481 e. The summed E-state index contributed by atoms with van der Waals surface area (Å²) in [6.45, 7) is 8.11. The Bertz CT molecular complexity index is 1590. The summed E-state index contributed by atoms with van der Waals surface area (Å²) in [4.78, 5) is 45.5. The maximum Gasteiger partial charge on any atom is 0.305 e. The fraction of sp³-hybridized carbons (Fsp3) is 0.412. The lowest BCUT2D eigenvalue weighted by Crippen LogP contribution is -2.41. The van der Waals surface area contributed by atoms with Crippen LogP contribution in [0.15, 0.2) is 47.5 Å². The van der Waals surface area contributed by atoms with E-state index in [0.29, 0.717) is 35.3 Å². The van der Waals surface area contributed by atoms with Crippen molar-refractivity contribution in [3.05, 3.63) is 86.6 Å². The third-order valence-electron chi connectivity index (χ3n) is 7.44. The van der Waals surface area contributed by atoms with Gasteiger partial charge in [0, 0.05) is 24.5 Å². The number of carboxylic acid groups (broad SMARTS) is 1. The number of halogens is 2. The van der Waals surface area contributed by atoms with E-state index in [1.54, 1.807) is 6.07 Å². The number of amides is 1. The van der Waals surface area contributed by atoms with Crippen LogP contribution >= 0.6 is 0 Å². The lowest BCUT2D eigenvalue weighted by Gasteiger charge is -2.26. The van der Waals surface area contributed by atoms with Gasteiger partial charge < -0.3 is 19.9 Å². The number of pyridine rings is 2. The number of alkyl halides is 2. The molecular weight excluding hydrogens is 566 g/mol. The monoisotopic (exact) mass is 606 g/mol. The molecule has 0 aliphatic carbocycles. The first-order valence-electron chi connectivity index (χ1n) is 14.5. The van der Waals surface area contributed by atoms with Crippen LogP contribution in [0.3, 0.4) is 0 Å². The van der Waals surface area contributed by atoms with Crippen molar-refractivity contribution in [3.63, 3.8) is 0 Å². The fourth-order valence-electron chi connectivity index (χ4n) is 5.27. The average Bonchev–Trinajstić information content (AvgIpc) is 2.94. The quantitative estimate of drug-likeness (QED) is 0.250. The van der Waals surface area contributed by atoms with Gasteiger partial charge in [0.25, 0.3) is 12.0 Å². The number of carbonyl (C=O) groups is 2. The molecule has 1 aromatic carbocycles. The van der Waals surface area contributed by atoms with Crippen molar-refractivity contribution in [2.75, 3.05) is 20.6 Å². The molecule has 0 aliphatic heterocycles. The number of likely N-dealkylation sites (N-methyl/N-ethyl adjacent to an activating group) is 1. The molecule has 2 atom stereocenters. The predicted molar refractivity (Wildman–Crippen MR) is 167 cm³/mol. The van der Waals surface area contributed by atoms with E-state index in [9.17, 15) is 28.3 Å². The van der Waals surface area contributed by atoms with Crippen molar-refractivity contribution >= 4 is 11.9 Å². The number of nitrogens with one attached hydrogen (secondary N) is 1. The third kappa shape index (κ3) is 8.38. The van der Waals surface area contributed by atoms with E-state index in [2.05, 4.69) is 16.2 Å². The Hall–Kier alpha value is -4.36. The molecule has 0 unspecified atom stereocenters. The summed E-state index contributed by atoms with van der Waals surface area (Å²) >= 11 is 0. The Morgan fingerprint density at radius 3 is 2.36 bits per heavy atom. The molecule has 0 saturated carbocycles. The molecule has 0 fully saturated rings. The van der Waals surface area contributed by atoms with Crippen LogP contribution in [0.25, 0.3) is 11.1 Å². The highest BCUT2D eigenvalue weighted by atomic mass is 19.3. The Kier molecular flexibility index (Phi) is 11.5. The van der Waals surface area contributed by atoms with Crippen molar-refractivity contribution in [3.8, 4) is 23.5 Å². The fourth-order valence-corrected chi connectivity index (χ4v) is 5.27. The molecular formula is C34H40F2N4O4. The Morgan fingerprint density at radius 2 is 1.82 bits per heavy atom. The molecule has 0 spiro atoms. The number of hydrogen-bond donors (Lipinski definition) is 2. The Morgan fingerprint density at radius 1 is 1.16 bits per heavy atom. The van der Waals surface area contributed by atoms with Gasteiger partial charge in [0.15, 0.2) is 0 Å². The van der Waals surface area contributed by atoms with E-state index >= 15 is 0 Å². The molecule has 0 radical (unpaired) electrons. The first kappa shape index (κ1) is 34.1. The first-order valence-corrected chi connectivity index (χ1v) is 14.5. The zero-order chi connectivity index (χ0) is 32.7. The van der Waals surface area contributed by atoms with Gasteiger partial charge in [0.05, 0.1) is 18.0 Å². The van der Waals surface area contributed by atoms with Crippen molar-refractivity contribution in [1.82, 2.24) is 19.8 Å². The molecule has 0 bridgehead atoms. The highest BCUT2D eigenvalue weighted by molar-refractivity contribution is 5.82. The van der Waals surface area contributed by atoms with E-state index in [0.717, 1.165) is 21.3 Å². The second-order valence-corrected chi connectivity index (χ2v) is 11.8. The van der Waals surface area contributed by atoms with E-state index in [-0.39, 0.29) is 12.3 Å². The SMILES string of the molecule is C#Cc1ncc([C@H](CC(=O)O)NC(=O)[C@H](CC(C)C)n2cc(CCN(C)C)cc(C(F)F)c2=O)cc1-c1c(C)cccc1C. The van der Waals surface area contributed by atoms with Crippen molar-refractivity contribution in [2.45, 2.75) is 65.5 Å². The van der Waals surface area contributed by atoms with Gasteiger partial charge in [0.2, 0.25) is 5.91 Å². The second kappa shape index (κ2) is 14.9. The summed E-state index contributed by atoms with van der Waals surface area (Å²) in [5.74, 6) is 0.656. The standard InChI is InChI=1S/C34H40F2N4O4/c1-8-27-25(31-21(4)10-9-11-22(31)5)16-24(18-37-27)28(17-30(41)42)38-33(43)29(14-20(2)3)40-19-23(12-13-39(6)7)15-26(32(35)36)34(40)44/h1,9-11,15-16,18-20,28-29,32H,12-14,17H2,2-7H3,(H,38,43)(H,41,42)/t28-,29-/m0/s1. The number of carbonyl (C=O) groups excluding carboxylic acids is 1. The Balaban J connectivity index is 2.12. The number of carboxylic acids is 1. The summed E-state index contributed by atoms with van der Waals surface area (Å²) in [5, 5.41) is 12.6. The molecule has 10 heteroatoms. The predicted octanol–water partition coefficient (Wildman–Crippen LogP) is 5.47. The van der Waals surface area contributed by atoms with Crippen molar-refractivity contribution in [2.24, 2.45) is 5.92 Å². The van der Waals surface area contributed by atoms with Gasteiger partial charge >= 0.3 is 5.97 Å². The molecule has 3 aromatic rings. The van der Waals surface area contributed by atoms with Crippen molar-refractivity contribution < 1.29 is 23.5 Å². The van der Waals surface area contributed by atoms with Crippen LogP contribution in [-0.4, -0.2) is 52.1 Å². The van der Waals surface area contributed by atoms with Gasteiger partial charge in [-0.1, -0.05) is 32.0 Å². The molecule has 1 amide bonds. The van der Waals surface area contributed by atoms with Gasteiger partial charge in [-0.25, -0.2) is 13.8 Å². The van der Waals surface area contributed by atoms with Crippen LogP contribution in [0.5, 0.6) is 0 Å². The summed E-state index contributed by atoms with van der Waals surface area (Å²) in [6, 6.07) is 6.50. The van der Waals surface area contributed by atoms with Gasteiger partial charge in [-0.3, -0.25) is 14.4 Å². The zero-order valence-corrected chi connectivity index (χ0v) is 26.0. The summed E-state index contributed by atoms with van der Waals surface area (Å²) in [5.41, 5.74) is 2.98. The van der Waals surface area contributed by atoms with Crippen LogP contribution in [0.2, 0.25) is 0 Å². The normalized spacial score (nSPS) is 12.8. The number of aryl methyl sites for hydroxylation is 2. The molecule has 44 heavy (non-hydrogen) atoms. The van der Waals surface area contributed by atoms with Crippen LogP contribution in [0, 0.1) is 32.1 Å². The van der Waals surface area contributed by atoms with Gasteiger partial charge in [0.1, 0.15) is 11.7 Å². The van der Waals surface area contributed by atoms with Crippen LogP contribution in [0.1, 0.15) is 78.7 Å². The number of benzene rings is 1. The van der Waals surface area contributed by atoms with Gasteiger partial charge in [-0.05, 0) is 92.6 Å². The van der Waals surface area contributed by atoms with Crippen molar-refractivity contribution in [1.29, 1.82) is 0 Å². The minimum atomic E-state index is -3.03. The lowest BCUT2D eigenvalue weighted by atomic mass is 9.92. The second-order valence-electron chi connectivity index (χ2n) is 11.8. The minimum absolute atomic E-state index is 0.0942. The third-order valence-corrected chi connectivity index (χ3v) is 7.44. The number of nitrogens with zero attached hydrogens (tertiary/aromatic N) is 3. The van der Waals surface area contributed by atoms with E-state index < -0.39 is 47.9 Å². The van der Waals surface area contributed by atoms with Gasteiger partial charge in [-0.2, -0.15) is 0 Å². The number of hydrogen-bond acceptors (Lipinski definition) is 5. The lowest BCUT2D eigenvalue weighted by molar-refractivity contribution is -0.138. The molecule has 8 nitrogen and oxygen atoms in total. The molecule has 2 aromatic heterocycles. The molecule has 2 heterocycles. The molecule has 3 rings (SSSR count). The number of terminal acetylenes is 1. The Labute approximate surface area is 257 Å². The topological polar surface area (TPSA) is 105 Å². The maximum absolute atomic E-state index is 14.0. The smallest absolute Gasteiger partial charge is 0.305 e. The number of aliphatic carboxylic acids is 1.